The van der Waals surface area contributed by atoms with E-state index in [4.69, 9.17) is 10.7 Å². The molecule has 1 unspecified atom stereocenters. The van der Waals surface area contributed by atoms with Crippen molar-refractivity contribution in [2.75, 3.05) is 26.7 Å². The van der Waals surface area contributed by atoms with Gasteiger partial charge in [0.05, 0.1) is 6.04 Å². The quantitative estimate of drug-likeness (QED) is 0.634. The molecule has 1 aromatic heterocycles. The van der Waals surface area contributed by atoms with Crippen molar-refractivity contribution in [3.05, 3.63) is 41.1 Å². The maximum absolute atomic E-state index is 13.5. The van der Waals surface area contributed by atoms with E-state index >= 15 is 0 Å². The number of amidine groups is 1. The molecule has 1 aromatic rings. The molecule has 0 spiro atoms. The Kier molecular flexibility index (Phi) is 6.82. The highest BCUT2D eigenvalue weighted by Gasteiger charge is 2.31. The third kappa shape index (κ3) is 4.60. The van der Waals surface area contributed by atoms with Crippen molar-refractivity contribution in [1.29, 1.82) is 0 Å². The van der Waals surface area contributed by atoms with Gasteiger partial charge < -0.3 is 20.9 Å². The molecule has 0 aliphatic carbocycles. The van der Waals surface area contributed by atoms with Crippen LogP contribution in [0.4, 0.5) is 0 Å². The average Bonchev–Trinajstić information content (AvgIpc) is 3.44. The molecule has 11 nitrogen and oxygen atoms in total. The first kappa shape index (κ1) is 23.7. The minimum atomic E-state index is -0.326. The van der Waals surface area contributed by atoms with Crippen LogP contribution in [0.1, 0.15) is 53.6 Å². The second-order valence-corrected chi connectivity index (χ2v) is 8.93. The molecule has 0 bridgehead atoms. The number of carbonyl (C=O) groups excluding carboxylic acids is 2. The summed E-state index contributed by atoms with van der Waals surface area (Å²) in [5, 5.41) is 12.5. The van der Waals surface area contributed by atoms with Crippen molar-refractivity contribution in [2.24, 2.45) is 22.9 Å². The molecule has 182 valence electrons. The van der Waals surface area contributed by atoms with Gasteiger partial charge in [-0.3, -0.25) is 14.3 Å². The van der Waals surface area contributed by atoms with E-state index in [-0.39, 0.29) is 29.6 Å². The molecule has 0 saturated carbocycles. The number of nitrogens with one attached hydrogen (secondary N) is 1. The molecule has 0 aromatic carbocycles. The molecule has 3 aliphatic rings. The SMILES string of the molecule is C=NN1C=C(C)C(N2CC[C@H](N)C2)=N/C1=C/C1CCCCN1C(=O)c1cc(C(=O)NC)nn1C. The van der Waals surface area contributed by atoms with Gasteiger partial charge in [-0.15, -0.1) is 0 Å². The van der Waals surface area contributed by atoms with Crippen LogP contribution in [-0.2, 0) is 7.05 Å². The number of likely N-dealkylation sites (tertiary alicyclic amines) is 2. The lowest BCUT2D eigenvalue weighted by atomic mass is 10.0. The summed E-state index contributed by atoms with van der Waals surface area (Å²) in [5.41, 5.74) is 7.70. The summed E-state index contributed by atoms with van der Waals surface area (Å²) in [7, 11) is 3.21. The van der Waals surface area contributed by atoms with E-state index in [0.29, 0.717) is 18.1 Å². The van der Waals surface area contributed by atoms with Gasteiger partial charge in [0.1, 0.15) is 11.5 Å². The fraction of sp³-hybridized carbons (Fsp3) is 0.522. The van der Waals surface area contributed by atoms with Gasteiger partial charge in [-0.1, -0.05) is 0 Å². The van der Waals surface area contributed by atoms with Crippen LogP contribution >= 0.6 is 0 Å². The molecule has 2 saturated heterocycles. The Balaban J connectivity index is 1.63. The Labute approximate surface area is 199 Å². The van der Waals surface area contributed by atoms with Gasteiger partial charge in [0.2, 0.25) is 0 Å². The summed E-state index contributed by atoms with van der Waals surface area (Å²) < 4.78 is 1.46. The fourth-order valence-corrected chi connectivity index (χ4v) is 4.69. The van der Waals surface area contributed by atoms with Gasteiger partial charge in [-0.2, -0.15) is 10.2 Å². The summed E-state index contributed by atoms with van der Waals surface area (Å²) in [5.74, 6) is 1.03. The zero-order chi connectivity index (χ0) is 24.4. The lowest BCUT2D eigenvalue weighted by Gasteiger charge is -2.35. The number of nitrogens with two attached hydrogens (primary N) is 1. The van der Waals surface area contributed by atoms with E-state index in [1.54, 1.807) is 12.1 Å². The molecule has 0 radical (unpaired) electrons. The third-order valence-electron chi connectivity index (χ3n) is 6.51. The summed E-state index contributed by atoms with van der Waals surface area (Å²) in [6.07, 6.45) is 7.55. The predicted octanol–water partition coefficient (Wildman–Crippen LogP) is 0.882. The fourth-order valence-electron chi connectivity index (χ4n) is 4.69. The van der Waals surface area contributed by atoms with Gasteiger partial charge in [0, 0.05) is 64.3 Å². The minimum Gasteiger partial charge on any atom is -0.355 e. The highest BCUT2D eigenvalue weighted by molar-refractivity contribution is 5.99. The molecule has 4 rings (SSSR count). The number of amides is 2. The van der Waals surface area contributed by atoms with E-state index in [1.165, 1.54) is 17.8 Å². The summed E-state index contributed by atoms with van der Waals surface area (Å²) in [6, 6.07) is 1.51. The molecule has 4 heterocycles. The number of hydrogen-bond acceptors (Lipinski definition) is 8. The number of carbonyl (C=O) groups is 2. The summed E-state index contributed by atoms with van der Waals surface area (Å²) in [4.78, 5) is 34.4. The van der Waals surface area contributed by atoms with Crippen LogP contribution in [0.15, 0.2) is 39.8 Å². The van der Waals surface area contributed by atoms with Crippen LogP contribution in [-0.4, -0.2) is 87.7 Å². The molecule has 2 amide bonds. The minimum absolute atomic E-state index is 0.142. The van der Waals surface area contributed by atoms with Crippen molar-refractivity contribution in [3.63, 3.8) is 0 Å². The number of piperidine rings is 1. The topological polar surface area (TPSA) is 124 Å². The molecule has 3 aliphatic heterocycles. The molecule has 34 heavy (non-hydrogen) atoms. The Morgan fingerprint density at radius 3 is 2.76 bits per heavy atom. The molecular weight excluding hydrogens is 434 g/mol. The number of aromatic nitrogens is 2. The van der Waals surface area contributed by atoms with Crippen LogP contribution in [0.2, 0.25) is 0 Å². The van der Waals surface area contributed by atoms with E-state index < -0.39 is 0 Å². The number of aryl methyl sites for hydroxylation is 1. The summed E-state index contributed by atoms with van der Waals surface area (Å²) >= 11 is 0. The molecule has 2 fully saturated rings. The lowest BCUT2D eigenvalue weighted by molar-refractivity contribution is 0.0650. The molecule has 11 heteroatoms. The average molecular weight is 468 g/mol. The number of nitrogens with zero attached hydrogens (tertiary/aromatic N) is 7. The highest BCUT2D eigenvalue weighted by atomic mass is 16.2. The smallest absolute Gasteiger partial charge is 0.272 e. The maximum Gasteiger partial charge on any atom is 0.272 e. The van der Waals surface area contributed by atoms with Crippen molar-refractivity contribution in [3.8, 4) is 0 Å². The van der Waals surface area contributed by atoms with Gasteiger partial charge in [-0.05, 0) is 38.7 Å². The zero-order valence-electron chi connectivity index (χ0n) is 20.1. The van der Waals surface area contributed by atoms with Crippen LogP contribution in [0.25, 0.3) is 0 Å². The van der Waals surface area contributed by atoms with Crippen molar-refractivity contribution >= 4 is 24.4 Å². The zero-order valence-corrected chi connectivity index (χ0v) is 20.1. The second kappa shape index (κ2) is 9.80. The Morgan fingerprint density at radius 2 is 2.09 bits per heavy atom. The van der Waals surface area contributed by atoms with Gasteiger partial charge >= 0.3 is 0 Å². The standard InChI is InChI=1S/C23H33N9O2/c1-15-13-32(26-3)20(27-21(15)30-10-8-16(24)14-30)11-17-7-5-6-9-31(17)23(34)19-12-18(22(33)25-2)28-29(19)4/h11-13,16-17H,3,5-10,14,24H2,1-2,4H3,(H,25,33)/b20-11-/t16-,17?/m0/s1. The van der Waals surface area contributed by atoms with E-state index in [0.717, 1.165) is 50.2 Å². The van der Waals surface area contributed by atoms with Crippen molar-refractivity contribution in [2.45, 2.75) is 44.7 Å². The van der Waals surface area contributed by atoms with E-state index in [1.807, 2.05) is 24.1 Å². The predicted molar refractivity (Wildman–Crippen MR) is 130 cm³/mol. The Hall–Kier alpha value is -3.47. The van der Waals surface area contributed by atoms with Gasteiger partial charge in [0.25, 0.3) is 11.8 Å². The Bertz CT molecular complexity index is 1070. The summed E-state index contributed by atoms with van der Waals surface area (Å²) in [6.45, 7) is 7.94. The van der Waals surface area contributed by atoms with Crippen LogP contribution in [0.5, 0.6) is 0 Å². The first-order valence-corrected chi connectivity index (χ1v) is 11.6. The highest BCUT2D eigenvalue weighted by Crippen LogP contribution is 2.27. The van der Waals surface area contributed by atoms with Crippen molar-refractivity contribution < 1.29 is 9.59 Å². The van der Waals surface area contributed by atoms with Crippen LogP contribution in [0, 0.1) is 0 Å². The van der Waals surface area contributed by atoms with E-state index in [9.17, 15) is 9.59 Å². The number of aliphatic imine (C=N–C) groups is 1. The Morgan fingerprint density at radius 1 is 1.29 bits per heavy atom. The molecule has 2 atom stereocenters. The maximum atomic E-state index is 13.5. The molecule has 3 N–H and O–H groups in total. The third-order valence-corrected chi connectivity index (χ3v) is 6.51. The number of rotatable bonds is 4. The monoisotopic (exact) mass is 467 g/mol. The first-order chi connectivity index (χ1) is 16.3. The van der Waals surface area contributed by atoms with E-state index in [2.05, 4.69) is 27.1 Å². The normalized spacial score (nSPS) is 24.2. The second-order valence-electron chi connectivity index (χ2n) is 8.93. The largest absolute Gasteiger partial charge is 0.355 e. The molecular formula is C23H33N9O2. The van der Waals surface area contributed by atoms with Gasteiger partial charge in [-0.25, -0.2) is 10.0 Å². The lowest BCUT2D eigenvalue weighted by Crippen LogP contribution is -2.44. The van der Waals surface area contributed by atoms with Crippen molar-refractivity contribution in [1.82, 2.24) is 29.9 Å². The van der Waals surface area contributed by atoms with Crippen LogP contribution < -0.4 is 11.1 Å². The number of hydrazone groups is 1. The first-order valence-electron chi connectivity index (χ1n) is 11.6. The van der Waals surface area contributed by atoms with Crippen LogP contribution in [0.3, 0.4) is 0 Å². The number of hydrogen-bond donors (Lipinski definition) is 2. The van der Waals surface area contributed by atoms with Gasteiger partial charge in [0.15, 0.2) is 11.5 Å².